The molecule has 4 rings (SSSR count). The van der Waals surface area contributed by atoms with Gasteiger partial charge >= 0.3 is 0 Å². The van der Waals surface area contributed by atoms with E-state index < -0.39 is 0 Å². The van der Waals surface area contributed by atoms with E-state index in [1.807, 2.05) is 11.9 Å². The number of nitrogens with zero attached hydrogens (tertiary/aromatic N) is 2. The lowest BCUT2D eigenvalue weighted by Crippen LogP contribution is -2.48. The first-order chi connectivity index (χ1) is 10.7. The number of hydrogen-bond acceptors (Lipinski definition) is 5. The molecule has 1 saturated heterocycles. The Balaban J connectivity index is 1.43. The molecule has 4 unspecified atom stereocenters. The molecule has 1 saturated carbocycles. The van der Waals surface area contributed by atoms with Gasteiger partial charge in [0.25, 0.3) is 0 Å². The second kappa shape index (κ2) is 5.64. The van der Waals surface area contributed by atoms with Crippen LogP contribution in [-0.4, -0.2) is 53.0 Å². The van der Waals surface area contributed by atoms with Gasteiger partial charge < -0.3 is 15.2 Å². The molecular weight excluding hydrogens is 280 g/mol. The molecule has 0 bridgehead atoms. The molecule has 1 aromatic heterocycles. The number of carbonyl (C=O) groups excluding carboxylic acids is 1. The van der Waals surface area contributed by atoms with Gasteiger partial charge in [-0.2, -0.15) is 0 Å². The number of aromatic amines is 1. The molecule has 2 aliphatic heterocycles. The van der Waals surface area contributed by atoms with Crippen LogP contribution in [0.25, 0.3) is 0 Å². The van der Waals surface area contributed by atoms with Crippen LogP contribution >= 0.6 is 0 Å². The number of rotatable bonds is 3. The van der Waals surface area contributed by atoms with Crippen LogP contribution in [0.15, 0.2) is 6.33 Å². The lowest BCUT2D eigenvalue weighted by molar-refractivity contribution is -0.133. The zero-order chi connectivity index (χ0) is 15.1. The summed E-state index contributed by atoms with van der Waals surface area (Å²) in [6.45, 7) is 1.55. The first-order valence-corrected chi connectivity index (χ1v) is 8.25. The summed E-state index contributed by atoms with van der Waals surface area (Å²) < 4.78 is 0. The lowest BCUT2D eigenvalue weighted by atomic mass is 9.96. The normalized spacial score (nSPS) is 33.5. The monoisotopic (exact) mass is 304 g/mol. The third-order valence-corrected chi connectivity index (χ3v) is 5.38. The highest BCUT2D eigenvalue weighted by Gasteiger charge is 2.40. The van der Waals surface area contributed by atoms with Crippen LogP contribution in [0, 0.1) is 5.92 Å². The van der Waals surface area contributed by atoms with E-state index in [-0.39, 0.29) is 11.9 Å². The van der Waals surface area contributed by atoms with Crippen LogP contribution in [0.1, 0.15) is 36.7 Å². The predicted octanol–water partition coefficient (Wildman–Crippen LogP) is -0.300. The number of H-pyrrole nitrogens is 1. The summed E-state index contributed by atoms with van der Waals surface area (Å²) >= 11 is 0. The Morgan fingerprint density at radius 1 is 1.41 bits per heavy atom. The number of nitrogens with one attached hydrogen (secondary N) is 4. The first-order valence-electron chi connectivity index (χ1n) is 8.25. The Labute approximate surface area is 130 Å². The third-order valence-electron chi connectivity index (χ3n) is 5.38. The SMILES string of the molecule is CN(CC1NNC2CCCC21)C(=O)C1NCCc2[nH]cnc21. The van der Waals surface area contributed by atoms with Crippen LogP contribution < -0.4 is 16.2 Å². The van der Waals surface area contributed by atoms with Crippen molar-refractivity contribution in [3.05, 3.63) is 17.7 Å². The molecule has 3 heterocycles. The van der Waals surface area contributed by atoms with Gasteiger partial charge in [-0.1, -0.05) is 6.42 Å². The van der Waals surface area contributed by atoms with Gasteiger partial charge in [-0.25, -0.2) is 4.98 Å². The van der Waals surface area contributed by atoms with Crippen molar-refractivity contribution in [2.24, 2.45) is 5.92 Å². The molecule has 0 spiro atoms. The molecule has 4 atom stereocenters. The minimum absolute atomic E-state index is 0.108. The molecular formula is C15H24N6O. The fourth-order valence-corrected chi connectivity index (χ4v) is 4.18. The number of amides is 1. The predicted molar refractivity (Wildman–Crippen MR) is 81.9 cm³/mol. The second-order valence-electron chi connectivity index (χ2n) is 6.72. The quantitative estimate of drug-likeness (QED) is 0.616. The molecule has 22 heavy (non-hydrogen) atoms. The molecule has 120 valence electrons. The summed E-state index contributed by atoms with van der Waals surface area (Å²) in [5.74, 6) is 0.756. The molecule has 4 N–H and O–H groups in total. The maximum atomic E-state index is 12.8. The average molecular weight is 304 g/mol. The number of hydrogen-bond donors (Lipinski definition) is 4. The van der Waals surface area contributed by atoms with E-state index in [4.69, 9.17) is 0 Å². The summed E-state index contributed by atoms with van der Waals surface area (Å²) in [5.41, 5.74) is 8.70. The van der Waals surface area contributed by atoms with Crippen molar-refractivity contribution in [1.29, 1.82) is 0 Å². The third kappa shape index (κ3) is 2.33. The zero-order valence-corrected chi connectivity index (χ0v) is 12.9. The fourth-order valence-electron chi connectivity index (χ4n) is 4.18. The lowest BCUT2D eigenvalue weighted by Gasteiger charge is -2.29. The molecule has 1 aromatic rings. The summed E-state index contributed by atoms with van der Waals surface area (Å²) in [4.78, 5) is 22.1. The maximum Gasteiger partial charge on any atom is 0.245 e. The number of carbonyl (C=O) groups is 1. The van der Waals surface area contributed by atoms with Gasteiger partial charge in [-0.15, -0.1) is 0 Å². The van der Waals surface area contributed by atoms with Crippen molar-refractivity contribution < 1.29 is 4.79 Å². The van der Waals surface area contributed by atoms with Crippen molar-refractivity contribution in [3.63, 3.8) is 0 Å². The molecule has 7 heteroatoms. The molecule has 2 fully saturated rings. The Bertz CT molecular complexity index is 558. The Kier molecular flexibility index (Phi) is 3.63. The zero-order valence-electron chi connectivity index (χ0n) is 12.9. The highest BCUT2D eigenvalue weighted by atomic mass is 16.2. The van der Waals surface area contributed by atoms with Crippen molar-refractivity contribution in [1.82, 2.24) is 31.0 Å². The number of imidazole rings is 1. The van der Waals surface area contributed by atoms with Gasteiger partial charge in [0, 0.05) is 44.3 Å². The Morgan fingerprint density at radius 3 is 3.23 bits per heavy atom. The first kappa shape index (κ1) is 14.2. The van der Waals surface area contributed by atoms with Crippen LogP contribution in [0.4, 0.5) is 0 Å². The summed E-state index contributed by atoms with van der Waals surface area (Å²) in [6, 6.07) is 0.622. The largest absolute Gasteiger partial charge is 0.348 e. The minimum Gasteiger partial charge on any atom is -0.348 e. The Hall–Kier alpha value is -1.44. The number of aromatic nitrogens is 2. The molecule has 0 aromatic carbocycles. The average Bonchev–Trinajstić information content (AvgIpc) is 3.23. The minimum atomic E-state index is -0.311. The second-order valence-corrected chi connectivity index (χ2v) is 6.72. The van der Waals surface area contributed by atoms with Crippen LogP contribution in [0.2, 0.25) is 0 Å². The van der Waals surface area contributed by atoms with Gasteiger partial charge in [0.2, 0.25) is 5.91 Å². The highest BCUT2D eigenvalue weighted by molar-refractivity contribution is 5.83. The number of likely N-dealkylation sites (N-methyl/N-ethyl adjacent to an activating group) is 1. The van der Waals surface area contributed by atoms with Gasteiger partial charge in [-0.3, -0.25) is 15.6 Å². The number of fused-ring (bicyclic) bond motifs is 2. The van der Waals surface area contributed by atoms with Crippen LogP contribution in [0.5, 0.6) is 0 Å². The summed E-state index contributed by atoms with van der Waals surface area (Å²) in [5, 5.41) is 3.30. The molecule has 0 radical (unpaired) electrons. The van der Waals surface area contributed by atoms with E-state index in [0.29, 0.717) is 18.0 Å². The van der Waals surface area contributed by atoms with Gasteiger partial charge in [-0.05, 0) is 18.8 Å². The molecule has 7 nitrogen and oxygen atoms in total. The van der Waals surface area contributed by atoms with Gasteiger partial charge in [0.15, 0.2) is 0 Å². The molecule has 1 amide bonds. The fraction of sp³-hybridized carbons (Fsp3) is 0.733. The van der Waals surface area contributed by atoms with E-state index in [0.717, 1.165) is 30.9 Å². The topological polar surface area (TPSA) is 85.1 Å². The van der Waals surface area contributed by atoms with Gasteiger partial charge in [0.05, 0.1) is 12.0 Å². The standard InChI is InChI=1S/C15H24N6O/c1-21(7-12-9-3-2-4-10(9)19-20-12)15(22)14-13-11(5-6-16-14)17-8-18-13/h8-10,12,14,16,19-20H,2-7H2,1H3,(H,17,18). The smallest absolute Gasteiger partial charge is 0.245 e. The van der Waals surface area contributed by atoms with Crippen molar-refractivity contribution in [2.75, 3.05) is 20.1 Å². The Morgan fingerprint density at radius 2 is 2.32 bits per heavy atom. The summed E-state index contributed by atoms with van der Waals surface area (Å²) in [7, 11) is 1.90. The van der Waals surface area contributed by atoms with E-state index in [1.54, 1.807) is 6.33 Å². The van der Waals surface area contributed by atoms with Crippen molar-refractivity contribution >= 4 is 5.91 Å². The molecule has 1 aliphatic carbocycles. The van der Waals surface area contributed by atoms with E-state index in [2.05, 4.69) is 26.1 Å². The van der Waals surface area contributed by atoms with Gasteiger partial charge in [0.1, 0.15) is 6.04 Å². The number of hydrazine groups is 1. The van der Waals surface area contributed by atoms with Crippen LogP contribution in [0.3, 0.4) is 0 Å². The van der Waals surface area contributed by atoms with Crippen molar-refractivity contribution in [3.8, 4) is 0 Å². The van der Waals surface area contributed by atoms with E-state index >= 15 is 0 Å². The van der Waals surface area contributed by atoms with Crippen molar-refractivity contribution in [2.45, 2.75) is 43.8 Å². The highest BCUT2D eigenvalue weighted by Crippen LogP contribution is 2.32. The summed E-state index contributed by atoms with van der Waals surface area (Å²) in [6.07, 6.45) is 6.37. The van der Waals surface area contributed by atoms with Crippen LogP contribution in [-0.2, 0) is 11.2 Å². The van der Waals surface area contributed by atoms with E-state index in [9.17, 15) is 4.79 Å². The maximum absolute atomic E-state index is 12.8. The van der Waals surface area contributed by atoms with E-state index in [1.165, 1.54) is 19.3 Å². The molecule has 3 aliphatic rings.